The largest absolute Gasteiger partial charge is 0.449 e. The Balaban J connectivity index is 1.75. The van der Waals surface area contributed by atoms with E-state index in [2.05, 4.69) is 15.9 Å². The third-order valence-electron chi connectivity index (χ3n) is 4.14. The van der Waals surface area contributed by atoms with E-state index in [0.717, 1.165) is 22.1 Å². The third-order valence-corrected chi connectivity index (χ3v) is 4.63. The standard InChI is InChI=1S/C19H18BrNO3/c1-12-10-14-6-3-4-9-17(14)21(12)18(22)13(2)24-19(23)15-7-5-8-16(20)11-15/h3-9,11-13H,10H2,1-2H3/t12-,13+/m1/s1. The van der Waals surface area contributed by atoms with Crippen LogP contribution < -0.4 is 4.90 Å². The number of benzene rings is 2. The van der Waals surface area contributed by atoms with Gasteiger partial charge in [0, 0.05) is 16.2 Å². The monoisotopic (exact) mass is 387 g/mol. The number of fused-ring (bicyclic) bond motifs is 1. The number of hydrogen-bond donors (Lipinski definition) is 0. The molecule has 124 valence electrons. The number of amides is 1. The molecule has 1 aliphatic heterocycles. The van der Waals surface area contributed by atoms with Crippen molar-refractivity contribution in [3.8, 4) is 0 Å². The zero-order chi connectivity index (χ0) is 17.3. The Bertz CT molecular complexity index is 790. The van der Waals surface area contributed by atoms with Crippen LogP contribution in [0.3, 0.4) is 0 Å². The van der Waals surface area contributed by atoms with E-state index in [0.29, 0.717) is 5.56 Å². The van der Waals surface area contributed by atoms with Crippen molar-refractivity contribution in [2.45, 2.75) is 32.4 Å². The first-order chi connectivity index (χ1) is 11.5. The van der Waals surface area contributed by atoms with Crippen LogP contribution in [-0.2, 0) is 16.0 Å². The fourth-order valence-electron chi connectivity index (χ4n) is 2.99. The van der Waals surface area contributed by atoms with Gasteiger partial charge in [-0.25, -0.2) is 4.79 Å². The summed E-state index contributed by atoms with van der Waals surface area (Å²) in [6.07, 6.45) is -0.0288. The van der Waals surface area contributed by atoms with Gasteiger partial charge in [0.25, 0.3) is 5.91 Å². The predicted molar refractivity (Wildman–Crippen MR) is 96.1 cm³/mol. The number of halogens is 1. The fraction of sp³-hybridized carbons (Fsp3) is 0.263. The molecule has 4 nitrogen and oxygen atoms in total. The Morgan fingerprint density at radius 3 is 2.71 bits per heavy atom. The van der Waals surface area contributed by atoms with E-state index in [1.807, 2.05) is 37.3 Å². The summed E-state index contributed by atoms with van der Waals surface area (Å²) in [5.41, 5.74) is 2.46. The summed E-state index contributed by atoms with van der Waals surface area (Å²) < 4.78 is 6.17. The van der Waals surface area contributed by atoms with Crippen LogP contribution in [0.1, 0.15) is 29.8 Å². The number of rotatable bonds is 3. The van der Waals surface area contributed by atoms with Gasteiger partial charge in [0.15, 0.2) is 6.10 Å². The molecule has 0 N–H and O–H groups in total. The van der Waals surface area contributed by atoms with E-state index in [1.165, 1.54) is 0 Å². The van der Waals surface area contributed by atoms with Crippen molar-refractivity contribution in [2.24, 2.45) is 0 Å². The van der Waals surface area contributed by atoms with Crippen LogP contribution >= 0.6 is 15.9 Å². The molecule has 2 aromatic rings. The van der Waals surface area contributed by atoms with E-state index in [1.54, 1.807) is 30.0 Å². The minimum absolute atomic E-state index is 0.0573. The van der Waals surface area contributed by atoms with Crippen LogP contribution in [0.4, 0.5) is 5.69 Å². The van der Waals surface area contributed by atoms with Crippen LogP contribution in [0.25, 0.3) is 0 Å². The highest BCUT2D eigenvalue weighted by Crippen LogP contribution is 2.32. The van der Waals surface area contributed by atoms with Gasteiger partial charge in [0.1, 0.15) is 0 Å². The van der Waals surface area contributed by atoms with E-state index >= 15 is 0 Å². The van der Waals surface area contributed by atoms with Gasteiger partial charge in [0.2, 0.25) is 0 Å². The number of carbonyl (C=O) groups is 2. The number of esters is 1. The normalized spacial score (nSPS) is 17.3. The van der Waals surface area contributed by atoms with Crippen LogP contribution in [0.2, 0.25) is 0 Å². The van der Waals surface area contributed by atoms with E-state index in [9.17, 15) is 9.59 Å². The molecule has 0 bridgehead atoms. The molecule has 5 heteroatoms. The first-order valence-electron chi connectivity index (χ1n) is 7.85. The number of hydrogen-bond acceptors (Lipinski definition) is 3. The van der Waals surface area contributed by atoms with Crippen molar-refractivity contribution in [3.05, 3.63) is 64.1 Å². The van der Waals surface area contributed by atoms with Gasteiger partial charge >= 0.3 is 5.97 Å². The molecule has 0 saturated carbocycles. The molecule has 0 aliphatic carbocycles. The fourth-order valence-corrected chi connectivity index (χ4v) is 3.39. The summed E-state index contributed by atoms with van der Waals surface area (Å²) in [5, 5.41) is 0. The maximum Gasteiger partial charge on any atom is 0.338 e. The third kappa shape index (κ3) is 3.22. The summed E-state index contributed by atoms with van der Waals surface area (Å²) >= 11 is 3.32. The number of nitrogens with zero attached hydrogens (tertiary/aromatic N) is 1. The molecule has 0 spiro atoms. The Kier molecular flexibility index (Phi) is 4.71. The number of ether oxygens (including phenoxy) is 1. The van der Waals surface area contributed by atoms with Gasteiger partial charge < -0.3 is 9.64 Å². The van der Waals surface area contributed by atoms with E-state index in [-0.39, 0.29) is 11.9 Å². The molecule has 24 heavy (non-hydrogen) atoms. The van der Waals surface area contributed by atoms with Crippen molar-refractivity contribution in [2.75, 3.05) is 4.90 Å². The molecule has 0 fully saturated rings. The Labute approximate surface area is 149 Å². The summed E-state index contributed by atoms with van der Waals surface area (Å²) in [7, 11) is 0. The predicted octanol–water partition coefficient (Wildman–Crippen LogP) is 3.97. The molecule has 2 aromatic carbocycles. The summed E-state index contributed by atoms with van der Waals surface area (Å²) in [6.45, 7) is 3.62. The van der Waals surface area contributed by atoms with Crippen LogP contribution in [0.15, 0.2) is 53.0 Å². The maximum absolute atomic E-state index is 12.8. The zero-order valence-electron chi connectivity index (χ0n) is 13.5. The van der Waals surface area contributed by atoms with E-state index < -0.39 is 12.1 Å². The van der Waals surface area contributed by atoms with Gasteiger partial charge in [-0.1, -0.05) is 40.2 Å². The average molecular weight is 388 g/mol. The molecule has 1 aliphatic rings. The molecule has 0 saturated heterocycles. The zero-order valence-corrected chi connectivity index (χ0v) is 15.1. The summed E-state index contributed by atoms with van der Waals surface area (Å²) in [4.78, 5) is 26.8. The van der Waals surface area contributed by atoms with Crippen LogP contribution in [0, 0.1) is 0 Å². The van der Waals surface area contributed by atoms with Gasteiger partial charge in [-0.15, -0.1) is 0 Å². The molecule has 1 amide bonds. The van der Waals surface area contributed by atoms with Crippen molar-refractivity contribution in [1.82, 2.24) is 0 Å². The molecule has 0 unspecified atom stereocenters. The minimum Gasteiger partial charge on any atom is -0.449 e. The maximum atomic E-state index is 12.8. The number of anilines is 1. The van der Waals surface area contributed by atoms with Gasteiger partial charge in [0.05, 0.1) is 5.56 Å². The lowest BCUT2D eigenvalue weighted by Crippen LogP contribution is -2.43. The Morgan fingerprint density at radius 1 is 1.21 bits per heavy atom. The Morgan fingerprint density at radius 2 is 1.96 bits per heavy atom. The second-order valence-corrected chi connectivity index (χ2v) is 6.86. The number of para-hydroxylation sites is 1. The summed E-state index contributed by atoms with van der Waals surface area (Å²) in [6, 6.07) is 14.8. The highest BCUT2D eigenvalue weighted by atomic mass is 79.9. The molecular weight excluding hydrogens is 370 g/mol. The van der Waals surface area contributed by atoms with Crippen LogP contribution in [0.5, 0.6) is 0 Å². The first kappa shape index (κ1) is 16.7. The quantitative estimate of drug-likeness (QED) is 0.748. The molecule has 0 radical (unpaired) electrons. The van der Waals surface area contributed by atoms with Gasteiger partial charge in [-0.05, 0) is 50.1 Å². The van der Waals surface area contributed by atoms with E-state index in [4.69, 9.17) is 4.74 Å². The highest BCUT2D eigenvalue weighted by molar-refractivity contribution is 9.10. The summed E-state index contributed by atoms with van der Waals surface area (Å²) in [5.74, 6) is -0.701. The SMILES string of the molecule is C[C@H](OC(=O)c1cccc(Br)c1)C(=O)N1c2ccccc2C[C@H]1C. The lowest BCUT2D eigenvalue weighted by Gasteiger charge is -2.25. The molecule has 0 aromatic heterocycles. The smallest absolute Gasteiger partial charge is 0.338 e. The number of carbonyl (C=O) groups excluding carboxylic acids is 2. The molecule has 3 rings (SSSR count). The van der Waals surface area contributed by atoms with Crippen LogP contribution in [-0.4, -0.2) is 24.0 Å². The molecular formula is C19H18BrNO3. The second kappa shape index (κ2) is 6.77. The topological polar surface area (TPSA) is 46.6 Å². The van der Waals surface area contributed by atoms with Crippen molar-refractivity contribution >= 4 is 33.5 Å². The van der Waals surface area contributed by atoms with Crippen molar-refractivity contribution in [1.29, 1.82) is 0 Å². The molecule has 2 atom stereocenters. The lowest BCUT2D eigenvalue weighted by molar-refractivity contribution is -0.126. The average Bonchev–Trinajstić information content (AvgIpc) is 2.89. The minimum atomic E-state index is -0.843. The van der Waals surface area contributed by atoms with Crippen molar-refractivity contribution < 1.29 is 14.3 Å². The first-order valence-corrected chi connectivity index (χ1v) is 8.64. The Hall–Kier alpha value is -2.14. The molecule has 1 heterocycles. The lowest BCUT2D eigenvalue weighted by atomic mass is 10.1. The highest BCUT2D eigenvalue weighted by Gasteiger charge is 2.34. The van der Waals surface area contributed by atoms with Gasteiger partial charge in [-0.2, -0.15) is 0 Å². The second-order valence-electron chi connectivity index (χ2n) is 5.95. The van der Waals surface area contributed by atoms with Gasteiger partial charge in [-0.3, -0.25) is 4.79 Å². The van der Waals surface area contributed by atoms with Crippen molar-refractivity contribution in [3.63, 3.8) is 0 Å².